The van der Waals surface area contributed by atoms with E-state index in [0.717, 1.165) is 6.07 Å². The largest absolute Gasteiger partial charge is 0.460 e. The van der Waals surface area contributed by atoms with Crippen LogP contribution < -0.4 is 4.74 Å². The molecule has 9 heteroatoms. The lowest BCUT2D eigenvalue weighted by Crippen LogP contribution is -2.07. The Kier molecular flexibility index (Phi) is 3.89. The summed E-state index contributed by atoms with van der Waals surface area (Å²) in [5, 5.41) is 8.45. The van der Waals surface area contributed by atoms with Gasteiger partial charge in [-0.25, -0.2) is 4.98 Å². The predicted octanol–water partition coefficient (Wildman–Crippen LogP) is 4.10. The molecule has 0 aliphatic rings. The van der Waals surface area contributed by atoms with Crippen LogP contribution in [0, 0.1) is 18.3 Å². The van der Waals surface area contributed by atoms with Crippen LogP contribution in [0.3, 0.4) is 0 Å². The molecule has 0 radical (unpaired) electrons. The number of hydrogen-bond acceptors (Lipinski definition) is 6. The predicted molar refractivity (Wildman–Crippen MR) is 75.0 cm³/mol. The molecule has 0 unspecified atom stereocenters. The first-order chi connectivity index (χ1) is 11.4. The molecule has 0 fully saturated rings. The number of aryl methyl sites for hydroxylation is 1. The van der Waals surface area contributed by atoms with Gasteiger partial charge in [0.2, 0.25) is 0 Å². The van der Waals surface area contributed by atoms with Gasteiger partial charge in [0.1, 0.15) is 23.6 Å². The Morgan fingerprint density at radius 1 is 1.25 bits per heavy atom. The Morgan fingerprint density at radius 3 is 2.67 bits per heavy atom. The lowest BCUT2D eigenvalue weighted by Gasteiger charge is -2.07. The summed E-state index contributed by atoms with van der Waals surface area (Å²) in [4.78, 5) is 7.69. The molecule has 0 amide bonds. The van der Waals surface area contributed by atoms with Gasteiger partial charge in [-0.1, -0.05) is 0 Å². The van der Waals surface area contributed by atoms with Crippen LogP contribution in [0.4, 0.5) is 13.2 Å². The van der Waals surface area contributed by atoms with Crippen molar-refractivity contribution in [2.24, 2.45) is 0 Å². The number of halogens is 3. The Morgan fingerprint density at radius 2 is 2.04 bits per heavy atom. The molecule has 0 spiro atoms. The molecule has 0 saturated carbocycles. The number of rotatable bonds is 4. The normalized spacial score (nSPS) is 11.6. The van der Waals surface area contributed by atoms with Gasteiger partial charge in [0.05, 0.1) is 18.1 Å². The Balaban J connectivity index is 2.11. The van der Waals surface area contributed by atoms with Crippen molar-refractivity contribution in [3.8, 4) is 23.6 Å². The number of ether oxygens (including phenoxy) is 1. The number of nitrogens with zero attached hydrogens (tertiary/aromatic N) is 3. The highest BCUT2D eigenvalue weighted by Crippen LogP contribution is 2.37. The summed E-state index contributed by atoms with van der Waals surface area (Å²) in [5.41, 5.74) is -1.81. The van der Waals surface area contributed by atoms with Crippen LogP contribution in [0.5, 0.6) is 6.08 Å². The Hall–Kier alpha value is -3.02. The van der Waals surface area contributed by atoms with E-state index in [1.165, 1.54) is 6.07 Å². The molecule has 0 saturated heterocycles. The molecular weight excluding hydrogens is 327 g/mol. The number of fused-ring (bicyclic) bond motifs is 1. The van der Waals surface area contributed by atoms with E-state index in [4.69, 9.17) is 18.8 Å². The second kappa shape index (κ2) is 5.88. The van der Waals surface area contributed by atoms with E-state index in [2.05, 4.69) is 9.97 Å². The first-order valence-corrected chi connectivity index (χ1v) is 6.84. The SMILES string of the molecule is Cc1ccc(-c2cc(C(F)(F)F)c3nc(OCCC#N)oc3n2)o1. The van der Waals surface area contributed by atoms with Crippen molar-refractivity contribution in [3.05, 3.63) is 29.5 Å². The first-order valence-electron chi connectivity index (χ1n) is 6.84. The van der Waals surface area contributed by atoms with Gasteiger partial charge < -0.3 is 13.6 Å². The molecule has 0 aromatic carbocycles. The minimum atomic E-state index is -4.65. The van der Waals surface area contributed by atoms with Gasteiger partial charge in [-0.15, -0.1) is 0 Å². The Bertz CT molecular complexity index is 922. The first kappa shape index (κ1) is 15.9. The van der Waals surface area contributed by atoms with Crippen LogP contribution in [0.25, 0.3) is 22.7 Å². The summed E-state index contributed by atoms with van der Waals surface area (Å²) in [5.74, 6) is 0.724. The lowest BCUT2D eigenvalue weighted by atomic mass is 10.1. The maximum absolute atomic E-state index is 13.3. The third kappa shape index (κ3) is 3.03. The average molecular weight is 337 g/mol. The minimum absolute atomic E-state index is 0.0253. The number of furan rings is 1. The number of nitriles is 1. The molecule has 3 heterocycles. The summed E-state index contributed by atoms with van der Waals surface area (Å²) in [6.07, 6.45) is -4.97. The van der Waals surface area contributed by atoms with Crippen LogP contribution in [-0.2, 0) is 6.18 Å². The standard InChI is InChI=1S/C15H10F3N3O3/c1-8-3-4-11(23-8)10-7-9(15(16,17)18)12-13(20-10)24-14(21-12)22-6-2-5-19/h3-4,7H,2,6H2,1H3. The number of oxazole rings is 1. The fraction of sp³-hybridized carbons (Fsp3) is 0.267. The van der Waals surface area contributed by atoms with Crippen molar-refractivity contribution < 1.29 is 26.7 Å². The van der Waals surface area contributed by atoms with Gasteiger partial charge >= 0.3 is 12.3 Å². The Labute approximate surface area is 133 Å². The van der Waals surface area contributed by atoms with E-state index >= 15 is 0 Å². The molecule has 0 N–H and O–H groups in total. The van der Waals surface area contributed by atoms with Crippen molar-refractivity contribution in [3.63, 3.8) is 0 Å². The van der Waals surface area contributed by atoms with Gasteiger partial charge in [0, 0.05) is 0 Å². The highest BCUT2D eigenvalue weighted by atomic mass is 19.4. The van der Waals surface area contributed by atoms with Crippen molar-refractivity contribution in [1.29, 1.82) is 5.26 Å². The highest BCUT2D eigenvalue weighted by molar-refractivity contribution is 5.77. The number of alkyl halides is 3. The van der Waals surface area contributed by atoms with Crippen molar-refractivity contribution in [2.45, 2.75) is 19.5 Å². The van der Waals surface area contributed by atoms with Crippen LogP contribution in [0.1, 0.15) is 17.7 Å². The lowest BCUT2D eigenvalue weighted by molar-refractivity contribution is -0.136. The average Bonchev–Trinajstić information content (AvgIpc) is 3.11. The van der Waals surface area contributed by atoms with E-state index in [9.17, 15) is 13.2 Å². The monoisotopic (exact) mass is 337 g/mol. The summed E-state index contributed by atoms with van der Waals surface area (Å²) >= 11 is 0. The third-order valence-corrected chi connectivity index (χ3v) is 3.09. The van der Waals surface area contributed by atoms with Crippen LogP contribution in [0.2, 0.25) is 0 Å². The summed E-state index contributed by atoms with van der Waals surface area (Å²) in [7, 11) is 0. The fourth-order valence-electron chi connectivity index (χ4n) is 2.05. The second-order valence-electron chi connectivity index (χ2n) is 4.85. The zero-order valence-corrected chi connectivity index (χ0v) is 12.3. The maximum atomic E-state index is 13.3. The van der Waals surface area contributed by atoms with Gasteiger partial charge in [0.25, 0.3) is 5.71 Å². The van der Waals surface area contributed by atoms with E-state index in [0.29, 0.717) is 5.76 Å². The molecular formula is C15H10F3N3O3. The van der Waals surface area contributed by atoms with Crippen LogP contribution >= 0.6 is 0 Å². The second-order valence-corrected chi connectivity index (χ2v) is 4.85. The molecule has 0 aliphatic heterocycles. The molecule has 3 rings (SSSR count). The van der Waals surface area contributed by atoms with Gasteiger partial charge in [-0.2, -0.15) is 23.4 Å². The van der Waals surface area contributed by atoms with Crippen molar-refractivity contribution in [1.82, 2.24) is 9.97 Å². The van der Waals surface area contributed by atoms with Crippen LogP contribution in [-0.4, -0.2) is 16.6 Å². The molecule has 3 aromatic heterocycles. The van der Waals surface area contributed by atoms with E-state index in [1.54, 1.807) is 13.0 Å². The quantitative estimate of drug-likeness (QED) is 0.666. The number of pyridine rings is 1. The summed E-state index contributed by atoms with van der Waals surface area (Å²) in [6, 6.07) is 5.82. The molecule has 3 aromatic rings. The topological polar surface area (TPSA) is 85.1 Å². The molecule has 24 heavy (non-hydrogen) atoms. The van der Waals surface area contributed by atoms with Gasteiger partial charge in [-0.05, 0) is 25.1 Å². The molecule has 6 nitrogen and oxygen atoms in total. The molecule has 124 valence electrons. The zero-order chi connectivity index (χ0) is 17.3. The summed E-state index contributed by atoms with van der Waals surface area (Å²) in [6.45, 7) is 1.62. The van der Waals surface area contributed by atoms with E-state index in [1.807, 2.05) is 6.07 Å². The van der Waals surface area contributed by atoms with E-state index < -0.39 is 17.3 Å². The molecule has 0 bridgehead atoms. The highest BCUT2D eigenvalue weighted by Gasteiger charge is 2.36. The van der Waals surface area contributed by atoms with Gasteiger partial charge in [-0.3, -0.25) is 0 Å². The minimum Gasteiger partial charge on any atom is -0.460 e. The molecule has 0 atom stereocenters. The third-order valence-electron chi connectivity index (χ3n) is 3.09. The van der Waals surface area contributed by atoms with Crippen LogP contribution in [0.15, 0.2) is 27.0 Å². The summed E-state index contributed by atoms with van der Waals surface area (Å²) < 4.78 is 55.4. The maximum Gasteiger partial charge on any atom is 0.418 e. The number of hydrogen-bond donors (Lipinski definition) is 0. The molecule has 0 aliphatic carbocycles. The zero-order valence-electron chi connectivity index (χ0n) is 12.3. The van der Waals surface area contributed by atoms with Crippen molar-refractivity contribution >= 4 is 11.2 Å². The van der Waals surface area contributed by atoms with Gasteiger partial charge in [0.15, 0.2) is 5.76 Å². The number of aromatic nitrogens is 2. The fourth-order valence-corrected chi connectivity index (χ4v) is 2.05. The van der Waals surface area contributed by atoms with E-state index in [-0.39, 0.29) is 36.3 Å². The van der Waals surface area contributed by atoms with Crippen molar-refractivity contribution in [2.75, 3.05) is 6.61 Å². The smallest absolute Gasteiger partial charge is 0.418 e.